The maximum absolute atomic E-state index is 12.9. The summed E-state index contributed by atoms with van der Waals surface area (Å²) >= 11 is 1.07. The summed E-state index contributed by atoms with van der Waals surface area (Å²) in [5.74, 6) is -1.16. The van der Waals surface area contributed by atoms with Crippen molar-refractivity contribution in [2.45, 2.75) is 38.8 Å². The SMILES string of the molecule is C[C@@H](NC(=O)c1cc(-c2ccc(OC(F)(F)F)cc2)nn(-c2cnsc2)c1=O)C(C)(C)O. The van der Waals surface area contributed by atoms with Gasteiger partial charge in [0.25, 0.3) is 11.5 Å². The minimum Gasteiger partial charge on any atom is -0.406 e. The zero-order chi connectivity index (χ0) is 23.7. The number of ether oxygens (including phenoxy) is 1. The Morgan fingerprint density at radius 3 is 2.44 bits per heavy atom. The highest BCUT2D eigenvalue weighted by Gasteiger charge is 2.31. The van der Waals surface area contributed by atoms with Crippen LogP contribution in [0.2, 0.25) is 0 Å². The number of nitrogens with zero attached hydrogens (tertiary/aromatic N) is 3. The third-order valence-electron chi connectivity index (χ3n) is 4.61. The highest BCUT2D eigenvalue weighted by atomic mass is 32.1. The van der Waals surface area contributed by atoms with Gasteiger partial charge in [-0.3, -0.25) is 9.59 Å². The molecule has 0 saturated carbocycles. The van der Waals surface area contributed by atoms with Gasteiger partial charge in [0.15, 0.2) is 0 Å². The Morgan fingerprint density at radius 2 is 1.91 bits per heavy atom. The second kappa shape index (κ2) is 8.71. The van der Waals surface area contributed by atoms with Crippen molar-refractivity contribution in [2.24, 2.45) is 0 Å². The Balaban J connectivity index is 2.05. The van der Waals surface area contributed by atoms with Gasteiger partial charge in [-0.2, -0.15) is 14.2 Å². The number of benzene rings is 1. The van der Waals surface area contributed by atoms with Gasteiger partial charge in [0.2, 0.25) is 0 Å². The first kappa shape index (κ1) is 23.4. The van der Waals surface area contributed by atoms with Crippen LogP contribution in [-0.2, 0) is 0 Å². The van der Waals surface area contributed by atoms with Crippen molar-refractivity contribution in [3.05, 3.63) is 57.8 Å². The van der Waals surface area contributed by atoms with Crippen molar-refractivity contribution >= 4 is 17.4 Å². The molecule has 0 fully saturated rings. The van der Waals surface area contributed by atoms with Gasteiger partial charge in [0.05, 0.1) is 29.2 Å². The monoisotopic (exact) mass is 468 g/mol. The van der Waals surface area contributed by atoms with Crippen LogP contribution >= 0.6 is 11.5 Å². The van der Waals surface area contributed by atoms with Gasteiger partial charge in [0.1, 0.15) is 11.3 Å². The van der Waals surface area contributed by atoms with Crippen molar-refractivity contribution in [1.82, 2.24) is 19.5 Å². The number of carbonyl (C=O) groups excluding carboxylic acids is 1. The molecule has 2 aromatic heterocycles. The van der Waals surface area contributed by atoms with E-state index in [0.717, 1.165) is 28.3 Å². The summed E-state index contributed by atoms with van der Waals surface area (Å²) in [5, 5.41) is 18.5. The Kier molecular flexibility index (Phi) is 6.37. The van der Waals surface area contributed by atoms with Crippen molar-refractivity contribution in [3.63, 3.8) is 0 Å². The number of aliphatic hydroxyl groups is 1. The lowest BCUT2D eigenvalue weighted by atomic mass is 10.0. The first-order chi connectivity index (χ1) is 14.8. The number of rotatable bonds is 6. The molecule has 0 aliphatic heterocycles. The lowest BCUT2D eigenvalue weighted by molar-refractivity contribution is -0.274. The molecule has 3 rings (SSSR count). The van der Waals surface area contributed by atoms with Gasteiger partial charge < -0.3 is 15.2 Å². The van der Waals surface area contributed by atoms with Gasteiger partial charge in [-0.05, 0) is 62.6 Å². The number of amides is 1. The zero-order valence-electron chi connectivity index (χ0n) is 17.2. The molecule has 1 atom stereocenters. The molecular weight excluding hydrogens is 449 g/mol. The molecule has 0 aliphatic carbocycles. The Hall–Kier alpha value is -3.25. The largest absolute Gasteiger partial charge is 0.573 e. The number of hydrogen-bond donors (Lipinski definition) is 2. The number of aromatic nitrogens is 3. The first-order valence-corrected chi connectivity index (χ1v) is 10.1. The zero-order valence-corrected chi connectivity index (χ0v) is 18.0. The average Bonchev–Trinajstić information content (AvgIpc) is 3.21. The highest BCUT2D eigenvalue weighted by Crippen LogP contribution is 2.26. The van der Waals surface area contributed by atoms with Crippen molar-refractivity contribution in [2.75, 3.05) is 0 Å². The molecular formula is C20H19F3N4O4S. The van der Waals surface area contributed by atoms with Crippen LogP contribution < -0.4 is 15.6 Å². The number of halogens is 3. The third kappa shape index (κ3) is 5.51. The first-order valence-electron chi connectivity index (χ1n) is 9.29. The summed E-state index contributed by atoms with van der Waals surface area (Å²) < 4.78 is 46.0. The summed E-state index contributed by atoms with van der Waals surface area (Å²) in [6, 6.07) is 5.41. The molecule has 170 valence electrons. The maximum Gasteiger partial charge on any atom is 0.573 e. The molecule has 0 radical (unpaired) electrons. The molecule has 0 saturated heterocycles. The van der Waals surface area contributed by atoms with Crippen LogP contribution in [0.5, 0.6) is 5.75 Å². The standard InChI is InChI=1S/C20H19F3N4O4S/c1-11(19(2,3)30)25-17(28)15-8-16(26-27(18(15)29)13-9-24-32-10-13)12-4-6-14(7-5-12)31-20(21,22)23/h4-11,30H,1-3H3,(H,25,28)/t11-/m1/s1. The van der Waals surface area contributed by atoms with E-state index in [4.69, 9.17) is 0 Å². The summed E-state index contributed by atoms with van der Waals surface area (Å²) in [5.41, 5.74) is -1.38. The molecule has 12 heteroatoms. The van der Waals surface area contributed by atoms with Crippen LogP contribution in [0, 0.1) is 0 Å². The summed E-state index contributed by atoms with van der Waals surface area (Å²) in [6.07, 6.45) is -3.44. The average molecular weight is 468 g/mol. The van der Waals surface area contributed by atoms with E-state index in [9.17, 15) is 27.9 Å². The number of alkyl halides is 3. The Morgan fingerprint density at radius 1 is 1.25 bits per heavy atom. The van der Waals surface area contributed by atoms with Crippen LogP contribution in [0.4, 0.5) is 13.2 Å². The van der Waals surface area contributed by atoms with Crippen molar-refractivity contribution < 1.29 is 27.8 Å². The molecule has 1 aromatic carbocycles. The van der Waals surface area contributed by atoms with E-state index in [-0.39, 0.29) is 11.3 Å². The molecule has 3 aromatic rings. The summed E-state index contributed by atoms with van der Waals surface area (Å²) in [7, 11) is 0. The lowest BCUT2D eigenvalue weighted by Gasteiger charge is -2.26. The predicted molar refractivity (Wildman–Crippen MR) is 111 cm³/mol. The van der Waals surface area contributed by atoms with E-state index in [1.807, 2.05) is 0 Å². The molecule has 0 unspecified atom stereocenters. The van der Waals surface area contributed by atoms with E-state index in [0.29, 0.717) is 11.3 Å². The fourth-order valence-corrected chi connectivity index (χ4v) is 3.05. The number of nitrogens with one attached hydrogen (secondary N) is 1. The third-order valence-corrected chi connectivity index (χ3v) is 5.19. The second-order valence-electron chi connectivity index (χ2n) is 7.46. The van der Waals surface area contributed by atoms with Gasteiger partial charge in [-0.1, -0.05) is 0 Å². The Bertz CT molecular complexity index is 1150. The van der Waals surface area contributed by atoms with Crippen molar-refractivity contribution in [1.29, 1.82) is 0 Å². The lowest BCUT2D eigenvalue weighted by Crippen LogP contribution is -2.48. The smallest absolute Gasteiger partial charge is 0.406 e. The highest BCUT2D eigenvalue weighted by molar-refractivity contribution is 7.03. The van der Waals surface area contributed by atoms with E-state index in [2.05, 4.69) is 19.5 Å². The van der Waals surface area contributed by atoms with Crippen LogP contribution in [0.1, 0.15) is 31.1 Å². The Labute approximate surface area is 184 Å². The topological polar surface area (TPSA) is 106 Å². The van der Waals surface area contributed by atoms with Crippen LogP contribution in [0.25, 0.3) is 16.9 Å². The van der Waals surface area contributed by atoms with Gasteiger partial charge in [-0.15, -0.1) is 13.2 Å². The van der Waals surface area contributed by atoms with Gasteiger partial charge in [0, 0.05) is 10.9 Å². The van der Waals surface area contributed by atoms with E-state index >= 15 is 0 Å². The fourth-order valence-electron chi connectivity index (χ4n) is 2.56. The summed E-state index contributed by atoms with van der Waals surface area (Å²) in [4.78, 5) is 25.8. The summed E-state index contributed by atoms with van der Waals surface area (Å²) in [6.45, 7) is 4.60. The number of hydrogen-bond acceptors (Lipinski definition) is 7. The predicted octanol–water partition coefficient (Wildman–Crippen LogP) is 3.14. The van der Waals surface area contributed by atoms with E-state index in [1.54, 1.807) is 12.3 Å². The van der Waals surface area contributed by atoms with E-state index in [1.165, 1.54) is 38.2 Å². The quantitative estimate of drug-likeness (QED) is 0.576. The molecule has 0 bridgehead atoms. The fraction of sp³-hybridized carbons (Fsp3) is 0.300. The van der Waals surface area contributed by atoms with Crippen molar-refractivity contribution in [3.8, 4) is 22.7 Å². The van der Waals surface area contributed by atoms with Gasteiger partial charge in [-0.25, -0.2) is 0 Å². The van der Waals surface area contributed by atoms with Crippen LogP contribution in [0.3, 0.4) is 0 Å². The molecule has 2 N–H and O–H groups in total. The molecule has 2 heterocycles. The molecule has 8 nitrogen and oxygen atoms in total. The molecule has 0 spiro atoms. The van der Waals surface area contributed by atoms with Crippen LogP contribution in [-0.4, -0.2) is 43.2 Å². The number of carbonyl (C=O) groups is 1. The minimum atomic E-state index is -4.83. The van der Waals surface area contributed by atoms with E-state index < -0.39 is 35.2 Å². The molecule has 1 amide bonds. The van der Waals surface area contributed by atoms with Gasteiger partial charge >= 0.3 is 6.36 Å². The second-order valence-corrected chi connectivity index (χ2v) is 8.12. The normalized spacial score (nSPS) is 13.0. The van der Waals surface area contributed by atoms with Crippen LogP contribution in [0.15, 0.2) is 46.7 Å². The molecule has 32 heavy (non-hydrogen) atoms. The molecule has 0 aliphatic rings. The minimum absolute atomic E-state index is 0.162. The maximum atomic E-state index is 12.9.